The molecule has 5 nitrogen and oxygen atoms in total. The molecule has 0 aliphatic carbocycles. The normalized spacial score (nSPS) is 28.3. The lowest BCUT2D eigenvalue weighted by atomic mass is 10.1. The Kier molecular flexibility index (Phi) is 5.81. The van der Waals surface area contributed by atoms with Crippen LogP contribution in [0.2, 0.25) is 0 Å². The van der Waals surface area contributed by atoms with Crippen molar-refractivity contribution in [1.82, 2.24) is 15.1 Å². The largest absolute Gasteiger partial charge is 0.378 e. The van der Waals surface area contributed by atoms with Crippen LogP contribution in [-0.2, 0) is 9.53 Å². The third-order valence-corrected chi connectivity index (χ3v) is 4.54. The average molecular weight is 283 g/mol. The molecule has 2 aliphatic heterocycles. The number of nitrogens with one attached hydrogen (secondary N) is 1. The van der Waals surface area contributed by atoms with Gasteiger partial charge < -0.3 is 19.9 Å². The van der Waals surface area contributed by atoms with E-state index >= 15 is 0 Å². The summed E-state index contributed by atoms with van der Waals surface area (Å²) in [6.07, 6.45) is 3.00. The molecule has 0 aromatic rings. The molecule has 1 amide bonds. The summed E-state index contributed by atoms with van der Waals surface area (Å²) in [4.78, 5) is 16.4. The van der Waals surface area contributed by atoms with Gasteiger partial charge in [-0.1, -0.05) is 6.92 Å². The van der Waals surface area contributed by atoms with E-state index in [1.54, 1.807) is 0 Å². The van der Waals surface area contributed by atoms with Crippen molar-refractivity contribution in [2.24, 2.45) is 5.92 Å². The number of nitrogens with zero attached hydrogens (tertiary/aromatic N) is 2. The van der Waals surface area contributed by atoms with Crippen LogP contribution in [0.25, 0.3) is 0 Å². The summed E-state index contributed by atoms with van der Waals surface area (Å²) in [5.74, 6) is 0.800. The Balaban J connectivity index is 1.67. The first-order chi connectivity index (χ1) is 9.58. The highest BCUT2D eigenvalue weighted by molar-refractivity contribution is 5.76. The monoisotopic (exact) mass is 283 g/mol. The number of amides is 1. The van der Waals surface area contributed by atoms with Crippen molar-refractivity contribution in [3.05, 3.63) is 0 Å². The number of carbonyl (C=O) groups is 1. The molecule has 0 aromatic carbocycles. The molecule has 5 heteroatoms. The van der Waals surface area contributed by atoms with Gasteiger partial charge in [-0.15, -0.1) is 0 Å². The summed E-state index contributed by atoms with van der Waals surface area (Å²) in [5.41, 5.74) is 0. The maximum absolute atomic E-state index is 12.2. The van der Waals surface area contributed by atoms with Crippen LogP contribution in [0.4, 0.5) is 0 Å². The van der Waals surface area contributed by atoms with Crippen LogP contribution >= 0.6 is 0 Å². The summed E-state index contributed by atoms with van der Waals surface area (Å²) in [7, 11) is 4.19. The molecule has 2 unspecified atom stereocenters. The van der Waals surface area contributed by atoms with Crippen LogP contribution in [0.3, 0.4) is 0 Å². The minimum atomic E-state index is 0.245. The van der Waals surface area contributed by atoms with Crippen molar-refractivity contribution in [3.63, 3.8) is 0 Å². The van der Waals surface area contributed by atoms with Crippen molar-refractivity contribution in [2.75, 3.05) is 46.9 Å². The Morgan fingerprint density at radius 3 is 2.60 bits per heavy atom. The molecule has 0 spiro atoms. The Labute approximate surface area is 122 Å². The lowest BCUT2D eigenvalue weighted by molar-refractivity contribution is -0.132. The van der Waals surface area contributed by atoms with Gasteiger partial charge in [-0.25, -0.2) is 0 Å². The maximum Gasteiger partial charge on any atom is 0.224 e. The molecule has 2 saturated heterocycles. The van der Waals surface area contributed by atoms with Crippen LogP contribution in [0, 0.1) is 5.92 Å². The molecule has 20 heavy (non-hydrogen) atoms. The van der Waals surface area contributed by atoms with Gasteiger partial charge in [0, 0.05) is 19.1 Å². The standard InChI is InChI=1S/C15H29N3O2/c1-12-10-18(11-14(12)17(2)3)15(19)6-9-20-13-4-7-16-8-5-13/h12-14,16H,4-11H2,1-3H3. The highest BCUT2D eigenvalue weighted by Crippen LogP contribution is 2.20. The summed E-state index contributed by atoms with van der Waals surface area (Å²) in [6, 6.07) is 0.490. The number of hydrogen-bond donors (Lipinski definition) is 1. The third kappa shape index (κ3) is 4.17. The van der Waals surface area contributed by atoms with Crippen molar-refractivity contribution in [2.45, 2.75) is 38.3 Å². The Morgan fingerprint density at radius 2 is 2.00 bits per heavy atom. The zero-order chi connectivity index (χ0) is 14.5. The molecule has 2 rings (SSSR count). The highest BCUT2D eigenvalue weighted by atomic mass is 16.5. The van der Waals surface area contributed by atoms with E-state index in [1.807, 2.05) is 4.90 Å². The van der Waals surface area contributed by atoms with Gasteiger partial charge in [0.15, 0.2) is 0 Å². The van der Waals surface area contributed by atoms with Crippen molar-refractivity contribution < 1.29 is 9.53 Å². The molecular weight excluding hydrogens is 254 g/mol. The number of rotatable bonds is 5. The van der Waals surface area contributed by atoms with Gasteiger partial charge in [-0.05, 0) is 45.9 Å². The molecule has 0 aromatic heterocycles. The number of ether oxygens (including phenoxy) is 1. The molecule has 0 bridgehead atoms. The van der Waals surface area contributed by atoms with Crippen LogP contribution in [0.1, 0.15) is 26.2 Å². The maximum atomic E-state index is 12.2. The molecule has 2 aliphatic rings. The molecular formula is C15H29N3O2. The predicted octanol–water partition coefficient (Wildman–Crippen LogP) is 0.554. The zero-order valence-corrected chi connectivity index (χ0v) is 13.1. The Bertz CT molecular complexity index is 316. The van der Waals surface area contributed by atoms with E-state index in [1.165, 1.54) is 0 Å². The van der Waals surface area contributed by atoms with Crippen molar-refractivity contribution >= 4 is 5.91 Å². The topological polar surface area (TPSA) is 44.8 Å². The van der Waals surface area contributed by atoms with E-state index in [0.717, 1.165) is 39.0 Å². The SMILES string of the molecule is CC1CN(C(=O)CCOC2CCNCC2)CC1N(C)C. The highest BCUT2D eigenvalue weighted by Gasteiger charge is 2.33. The second-order valence-corrected chi connectivity index (χ2v) is 6.38. The van der Waals surface area contributed by atoms with Gasteiger partial charge in [0.1, 0.15) is 0 Å². The van der Waals surface area contributed by atoms with Gasteiger partial charge >= 0.3 is 0 Å². The fourth-order valence-electron chi connectivity index (χ4n) is 3.26. The summed E-state index contributed by atoms with van der Waals surface area (Å²) in [6.45, 7) is 6.61. The lowest BCUT2D eigenvalue weighted by Crippen LogP contribution is -2.36. The second kappa shape index (κ2) is 7.38. The molecule has 0 saturated carbocycles. The van der Waals surface area contributed by atoms with Gasteiger partial charge in [-0.3, -0.25) is 4.79 Å². The predicted molar refractivity (Wildman–Crippen MR) is 79.7 cm³/mol. The molecule has 2 heterocycles. The summed E-state index contributed by atoms with van der Waals surface area (Å²) in [5, 5.41) is 3.32. The molecule has 0 radical (unpaired) electrons. The van der Waals surface area contributed by atoms with Crippen LogP contribution < -0.4 is 5.32 Å². The van der Waals surface area contributed by atoms with Crippen molar-refractivity contribution in [3.8, 4) is 0 Å². The molecule has 2 fully saturated rings. The molecule has 2 atom stereocenters. The molecule has 1 N–H and O–H groups in total. The number of likely N-dealkylation sites (N-methyl/N-ethyl adjacent to an activating group) is 1. The first-order valence-electron chi connectivity index (χ1n) is 7.84. The minimum absolute atomic E-state index is 0.245. The van der Waals surface area contributed by atoms with Crippen molar-refractivity contribution in [1.29, 1.82) is 0 Å². The number of likely N-dealkylation sites (tertiary alicyclic amines) is 1. The first kappa shape index (κ1) is 15.7. The Morgan fingerprint density at radius 1 is 1.30 bits per heavy atom. The van der Waals surface area contributed by atoms with E-state index in [4.69, 9.17) is 4.74 Å². The van der Waals surface area contributed by atoms with E-state index in [9.17, 15) is 4.79 Å². The minimum Gasteiger partial charge on any atom is -0.378 e. The first-order valence-corrected chi connectivity index (χ1v) is 7.84. The van der Waals surface area contributed by atoms with Gasteiger partial charge in [0.2, 0.25) is 5.91 Å². The number of piperidine rings is 1. The van der Waals surface area contributed by atoms with Crippen LogP contribution in [0.5, 0.6) is 0 Å². The lowest BCUT2D eigenvalue weighted by Gasteiger charge is -2.24. The van der Waals surface area contributed by atoms with Crippen LogP contribution in [-0.4, -0.2) is 74.7 Å². The molecule has 116 valence electrons. The second-order valence-electron chi connectivity index (χ2n) is 6.38. The van der Waals surface area contributed by atoms with E-state index < -0.39 is 0 Å². The zero-order valence-electron chi connectivity index (χ0n) is 13.1. The van der Waals surface area contributed by atoms with Gasteiger partial charge in [0.25, 0.3) is 0 Å². The number of hydrogen-bond acceptors (Lipinski definition) is 4. The fourth-order valence-corrected chi connectivity index (χ4v) is 3.26. The summed E-state index contributed by atoms with van der Waals surface area (Å²) >= 11 is 0. The third-order valence-electron chi connectivity index (χ3n) is 4.54. The van der Waals surface area contributed by atoms with E-state index in [2.05, 4.69) is 31.2 Å². The fraction of sp³-hybridized carbons (Fsp3) is 0.933. The van der Waals surface area contributed by atoms with Gasteiger partial charge in [-0.2, -0.15) is 0 Å². The summed E-state index contributed by atoms with van der Waals surface area (Å²) < 4.78 is 5.82. The van der Waals surface area contributed by atoms with Crippen LogP contribution in [0.15, 0.2) is 0 Å². The smallest absolute Gasteiger partial charge is 0.224 e. The Hall–Kier alpha value is -0.650. The van der Waals surface area contributed by atoms with Gasteiger partial charge in [0.05, 0.1) is 19.1 Å². The van der Waals surface area contributed by atoms with E-state index in [0.29, 0.717) is 31.1 Å². The number of carbonyl (C=O) groups excluding carboxylic acids is 1. The van der Waals surface area contributed by atoms with E-state index in [-0.39, 0.29) is 5.91 Å². The quantitative estimate of drug-likeness (QED) is 0.800. The average Bonchev–Trinajstić information content (AvgIpc) is 2.82.